The molecular formula is C36H44N2OS. The first kappa shape index (κ1) is 29.6. The van der Waals surface area contributed by atoms with E-state index in [2.05, 4.69) is 131 Å². The van der Waals surface area contributed by atoms with Crippen LogP contribution in [0.25, 0.3) is 0 Å². The van der Waals surface area contributed by atoms with Gasteiger partial charge in [-0.05, 0) is 94.6 Å². The molecule has 4 aromatic rings. The van der Waals surface area contributed by atoms with Crippen LogP contribution in [0, 0.1) is 0 Å². The normalized spacial score (nSPS) is 11.8. The predicted molar refractivity (Wildman–Crippen MR) is 176 cm³/mol. The van der Waals surface area contributed by atoms with E-state index >= 15 is 0 Å². The van der Waals surface area contributed by atoms with E-state index in [9.17, 15) is 5.11 Å². The first-order valence-corrected chi connectivity index (χ1v) is 15.4. The zero-order valence-electron chi connectivity index (χ0n) is 24.9. The van der Waals surface area contributed by atoms with Crippen LogP contribution in [-0.2, 0) is 17.3 Å². The Balaban J connectivity index is 1.41. The summed E-state index contributed by atoms with van der Waals surface area (Å²) in [6.07, 6.45) is 2.09. The van der Waals surface area contributed by atoms with Gasteiger partial charge in [0, 0.05) is 22.7 Å². The third-order valence-corrected chi connectivity index (χ3v) is 8.09. The summed E-state index contributed by atoms with van der Waals surface area (Å²) in [6, 6.07) is 34.0. The molecule has 2 N–H and O–H groups in total. The van der Waals surface area contributed by atoms with Crippen molar-refractivity contribution in [2.75, 3.05) is 21.8 Å². The van der Waals surface area contributed by atoms with Crippen molar-refractivity contribution < 1.29 is 5.11 Å². The largest absolute Gasteiger partial charge is 0.507 e. The highest BCUT2D eigenvalue weighted by Gasteiger charge is 2.26. The van der Waals surface area contributed by atoms with E-state index in [-0.39, 0.29) is 10.8 Å². The van der Waals surface area contributed by atoms with E-state index in [1.54, 1.807) is 0 Å². The molecule has 40 heavy (non-hydrogen) atoms. The van der Waals surface area contributed by atoms with E-state index in [1.807, 2.05) is 30.0 Å². The van der Waals surface area contributed by atoms with Crippen LogP contribution in [0.2, 0.25) is 0 Å². The van der Waals surface area contributed by atoms with Gasteiger partial charge in [0.05, 0.1) is 5.88 Å². The Hall–Kier alpha value is -3.37. The molecule has 0 spiro atoms. The summed E-state index contributed by atoms with van der Waals surface area (Å²) in [4.78, 5) is 2.38. The van der Waals surface area contributed by atoms with Gasteiger partial charge in [-0.2, -0.15) is 0 Å². The number of nitrogens with one attached hydrogen (secondary N) is 1. The van der Waals surface area contributed by atoms with Gasteiger partial charge < -0.3 is 15.3 Å². The SMILES string of the molecule is CC(C)(C)c1cc(CCCSCN(c2ccccc2)c2ccc(Nc3ccccc3)cc2)cc(C(C)(C)C)c1O. The fourth-order valence-electron chi connectivity index (χ4n) is 4.84. The van der Waals surface area contributed by atoms with E-state index in [0.29, 0.717) is 5.75 Å². The fraction of sp³-hybridized carbons (Fsp3) is 0.333. The van der Waals surface area contributed by atoms with Crippen LogP contribution in [0.5, 0.6) is 5.75 Å². The summed E-state index contributed by atoms with van der Waals surface area (Å²) in [5.41, 5.74) is 7.74. The lowest BCUT2D eigenvalue weighted by molar-refractivity contribution is 0.422. The van der Waals surface area contributed by atoms with Crippen molar-refractivity contribution >= 4 is 34.5 Å². The summed E-state index contributed by atoms with van der Waals surface area (Å²) in [5, 5.41) is 14.5. The average molecular weight is 553 g/mol. The highest BCUT2D eigenvalue weighted by Crippen LogP contribution is 2.40. The number of anilines is 4. The van der Waals surface area contributed by atoms with Crippen LogP contribution in [0.4, 0.5) is 22.7 Å². The van der Waals surface area contributed by atoms with E-state index in [0.717, 1.165) is 47.0 Å². The number of rotatable bonds is 10. The van der Waals surface area contributed by atoms with Gasteiger partial charge in [-0.15, -0.1) is 11.8 Å². The molecule has 0 aromatic heterocycles. The van der Waals surface area contributed by atoms with Crippen LogP contribution in [0.15, 0.2) is 97.1 Å². The number of aromatic hydroxyl groups is 1. The number of phenolic OH excluding ortho intramolecular Hbond substituents is 1. The number of para-hydroxylation sites is 2. The van der Waals surface area contributed by atoms with Crippen molar-refractivity contribution in [1.29, 1.82) is 0 Å². The Kier molecular flexibility index (Phi) is 9.52. The van der Waals surface area contributed by atoms with E-state index < -0.39 is 0 Å². The number of hydrogen-bond donors (Lipinski definition) is 2. The Labute approximate surface area is 245 Å². The van der Waals surface area contributed by atoms with Crippen LogP contribution in [0.1, 0.15) is 64.7 Å². The Bertz CT molecular complexity index is 1320. The molecule has 4 rings (SSSR count). The van der Waals surface area contributed by atoms with Gasteiger partial charge in [-0.3, -0.25) is 0 Å². The summed E-state index contributed by atoms with van der Waals surface area (Å²) < 4.78 is 0. The number of aryl methyl sites for hydroxylation is 1. The third kappa shape index (κ3) is 7.85. The summed E-state index contributed by atoms with van der Waals surface area (Å²) >= 11 is 1.96. The molecular weight excluding hydrogens is 508 g/mol. The zero-order valence-corrected chi connectivity index (χ0v) is 25.7. The molecule has 0 unspecified atom stereocenters. The molecule has 0 bridgehead atoms. The number of benzene rings is 4. The second-order valence-electron chi connectivity index (χ2n) is 12.5. The minimum absolute atomic E-state index is 0.100. The Morgan fingerprint density at radius 3 is 1.73 bits per heavy atom. The molecule has 0 fully saturated rings. The topological polar surface area (TPSA) is 35.5 Å². The minimum Gasteiger partial charge on any atom is -0.507 e. The molecule has 0 atom stereocenters. The Morgan fingerprint density at radius 2 is 1.18 bits per heavy atom. The first-order valence-electron chi connectivity index (χ1n) is 14.2. The summed E-state index contributed by atoms with van der Waals surface area (Å²) in [7, 11) is 0. The van der Waals surface area contributed by atoms with Gasteiger partial charge in [0.15, 0.2) is 0 Å². The number of phenols is 1. The molecule has 0 heterocycles. The van der Waals surface area contributed by atoms with Crippen LogP contribution < -0.4 is 10.2 Å². The average Bonchev–Trinajstić information content (AvgIpc) is 2.92. The van der Waals surface area contributed by atoms with E-state index in [1.165, 1.54) is 16.9 Å². The van der Waals surface area contributed by atoms with Gasteiger partial charge in [-0.25, -0.2) is 0 Å². The van der Waals surface area contributed by atoms with Crippen LogP contribution in [0.3, 0.4) is 0 Å². The maximum Gasteiger partial charge on any atom is 0.123 e. The van der Waals surface area contributed by atoms with Gasteiger partial charge in [-0.1, -0.05) is 90.1 Å². The zero-order chi connectivity index (χ0) is 28.8. The lowest BCUT2D eigenvalue weighted by atomic mass is 9.78. The Morgan fingerprint density at radius 1 is 0.675 bits per heavy atom. The second kappa shape index (κ2) is 12.9. The molecule has 0 radical (unpaired) electrons. The van der Waals surface area contributed by atoms with Crippen molar-refractivity contribution in [3.05, 3.63) is 114 Å². The van der Waals surface area contributed by atoms with Crippen molar-refractivity contribution in [2.24, 2.45) is 0 Å². The monoisotopic (exact) mass is 552 g/mol. The molecule has 4 aromatic carbocycles. The maximum atomic E-state index is 11.0. The number of thioether (sulfide) groups is 1. The minimum atomic E-state index is -0.100. The molecule has 0 amide bonds. The van der Waals surface area contributed by atoms with Crippen LogP contribution >= 0.6 is 11.8 Å². The fourth-order valence-corrected chi connectivity index (χ4v) is 5.79. The molecule has 0 saturated heterocycles. The molecule has 0 saturated carbocycles. The standard InChI is InChI=1S/C36H44N2OS/c1-35(2,3)32-24-27(25-33(34(32)39)36(4,5)6)14-13-23-40-26-38(30-17-11-8-12-18-30)31-21-19-29(20-22-31)37-28-15-9-7-10-16-28/h7-12,15-22,24-25,37,39H,13-14,23,26H2,1-6H3. The van der Waals surface area contributed by atoms with Crippen molar-refractivity contribution in [1.82, 2.24) is 0 Å². The molecule has 0 aliphatic rings. The smallest absolute Gasteiger partial charge is 0.123 e. The highest BCUT2D eigenvalue weighted by atomic mass is 32.2. The summed E-state index contributed by atoms with van der Waals surface area (Å²) in [6.45, 7) is 13.1. The molecule has 0 aliphatic carbocycles. The van der Waals surface area contributed by atoms with Gasteiger partial charge in [0.2, 0.25) is 0 Å². The predicted octanol–water partition coefficient (Wildman–Crippen LogP) is 10.2. The van der Waals surface area contributed by atoms with Gasteiger partial charge in [0.25, 0.3) is 0 Å². The lowest BCUT2D eigenvalue weighted by Crippen LogP contribution is -2.18. The third-order valence-electron chi connectivity index (χ3n) is 7.07. The maximum absolute atomic E-state index is 11.0. The number of hydrogen-bond acceptors (Lipinski definition) is 4. The van der Waals surface area contributed by atoms with Crippen molar-refractivity contribution in [3.8, 4) is 5.75 Å². The second-order valence-corrected chi connectivity index (χ2v) is 13.6. The molecule has 3 nitrogen and oxygen atoms in total. The van der Waals surface area contributed by atoms with Crippen LogP contribution in [-0.4, -0.2) is 16.7 Å². The molecule has 4 heteroatoms. The molecule has 0 aliphatic heterocycles. The molecule has 210 valence electrons. The van der Waals surface area contributed by atoms with E-state index in [4.69, 9.17) is 0 Å². The first-order chi connectivity index (χ1) is 19.0. The lowest BCUT2D eigenvalue weighted by Gasteiger charge is -2.28. The number of nitrogens with zero attached hydrogens (tertiary/aromatic N) is 1. The van der Waals surface area contributed by atoms with Crippen molar-refractivity contribution in [2.45, 2.75) is 65.2 Å². The van der Waals surface area contributed by atoms with Gasteiger partial charge in [0.1, 0.15) is 5.75 Å². The van der Waals surface area contributed by atoms with Gasteiger partial charge >= 0.3 is 0 Å². The summed E-state index contributed by atoms with van der Waals surface area (Å²) in [5.74, 6) is 2.40. The quantitative estimate of drug-likeness (QED) is 0.152. The highest BCUT2D eigenvalue weighted by molar-refractivity contribution is 7.99. The van der Waals surface area contributed by atoms with Crippen molar-refractivity contribution in [3.63, 3.8) is 0 Å².